The zero-order valence-corrected chi connectivity index (χ0v) is 13.1. The fourth-order valence-electron chi connectivity index (χ4n) is 2.09. The van der Waals surface area contributed by atoms with Crippen molar-refractivity contribution in [1.82, 2.24) is 10.6 Å². The molecular formula is C18H21N3O2. The monoisotopic (exact) mass is 311 g/mol. The van der Waals surface area contributed by atoms with Crippen LogP contribution < -0.4 is 16.0 Å². The minimum Gasteiger partial charge on any atom is -0.350 e. The van der Waals surface area contributed by atoms with Crippen LogP contribution in [0.3, 0.4) is 0 Å². The van der Waals surface area contributed by atoms with E-state index in [1.807, 2.05) is 42.5 Å². The third-order valence-corrected chi connectivity index (χ3v) is 3.33. The molecule has 23 heavy (non-hydrogen) atoms. The van der Waals surface area contributed by atoms with Crippen LogP contribution in [-0.2, 0) is 6.42 Å². The highest BCUT2D eigenvalue weighted by atomic mass is 16.2. The van der Waals surface area contributed by atoms with Crippen molar-refractivity contribution in [2.45, 2.75) is 13.3 Å². The summed E-state index contributed by atoms with van der Waals surface area (Å²) in [4.78, 5) is 23.6. The van der Waals surface area contributed by atoms with Crippen molar-refractivity contribution < 1.29 is 9.59 Å². The Morgan fingerprint density at radius 3 is 2.39 bits per heavy atom. The molecule has 0 saturated carbocycles. The Kier molecular flexibility index (Phi) is 6.17. The normalized spacial score (nSPS) is 9.96. The van der Waals surface area contributed by atoms with Crippen LogP contribution in [0.2, 0.25) is 0 Å². The highest BCUT2D eigenvalue weighted by Crippen LogP contribution is 2.10. The maximum absolute atomic E-state index is 11.8. The molecule has 3 amide bonds. The predicted octanol–water partition coefficient (Wildman–Crippen LogP) is 2.80. The summed E-state index contributed by atoms with van der Waals surface area (Å²) in [6.45, 7) is 2.79. The molecule has 0 unspecified atom stereocenters. The molecule has 0 saturated heterocycles. The van der Waals surface area contributed by atoms with Crippen LogP contribution in [0.4, 0.5) is 10.5 Å². The summed E-state index contributed by atoms with van der Waals surface area (Å²) in [5.41, 5.74) is 2.53. The van der Waals surface area contributed by atoms with E-state index in [-0.39, 0.29) is 11.9 Å². The molecule has 5 heteroatoms. The average Bonchev–Trinajstić information content (AvgIpc) is 2.59. The molecule has 0 radical (unpaired) electrons. The molecule has 0 spiro atoms. The topological polar surface area (TPSA) is 70.2 Å². The third kappa shape index (κ3) is 5.47. The molecule has 0 aliphatic carbocycles. The standard InChI is InChI=1S/C18H21N3O2/c1-2-14-7-6-10-16(13-14)21-18(23)20-12-11-19-17(22)15-8-4-3-5-9-15/h3-10,13H,2,11-12H2,1H3,(H,19,22)(H2,20,21,23). The first-order chi connectivity index (χ1) is 11.2. The second kappa shape index (κ2) is 8.58. The summed E-state index contributed by atoms with van der Waals surface area (Å²) in [7, 11) is 0. The van der Waals surface area contributed by atoms with Crippen molar-refractivity contribution in [2.75, 3.05) is 18.4 Å². The van der Waals surface area contributed by atoms with E-state index in [4.69, 9.17) is 0 Å². The van der Waals surface area contributed by atoms with Gasteiger partial charge in [0.05, 0.1) is 0 Å². The molecule has 5 nitrogen and oxygen atoms in total. The average molecular weight is 311 g/mol. The molecule has 2 rings (SSSR count). The Labute approximate surface area is 136 Å². The number of amides is 3. The quantitative estimate of drug-likeness (QED) is 0.718. The first kappa shape index (κ1) is 16.5. The summed E-state index contributed by atoms with van der Waals surface area (Å²) in [6, 6.07) is 16.4. The molecule has 3 N–H and O–H groups in total. The van der Waals surface area contributed by atoms with Gasteiger partial charge in [0.2, 0.25) is 0 Å². The van der Waals surface area contributed by atoms with Crippen LogP contribution in [0.1, 0.15) is 22.8 Å². The largest absolute Gasteiger partial charge is 0.350 e. The molecule has 0 atom stereocenters. The summed E-state index contributed by atoms with van der Waals surface area (Å²) >= 11 is 0. The van der Waals surface area contributed by atoms with E-state index >= 15 is 0 Å². The van der Waals surface area contributed by atoms with Gasteiger partial charge in [-0.15, -0.1) is 0 Å². The zero-order valence-electron chi connectivity index (χ0n) is 13.1. The third-order valence-electron chi connectivity index (χ3n) is 3.33. The van der Waals surface area contributed by atoms with E-state index in [0.717, 1.165) is 17.7 Å². The minimum atomic E-state index is -0.285. The summed E-state index contributed by atoms with van der Waals surface area (Å²) < 4.78 is 0. The number of anilines is 1. The second-order valence-electron chi connectivity index (χ2n) is 5.06. The maximum atomic E-state index is 11.8. The van der Waals surface area contributed by atoms with Gasteiger partial charge in [0.1, 0.15) is 0 Å². The number of urea groups is 1. The highest BCUT2D eigenvalue weighted by molar-refractivity contribution is 5.94. The number of carbonyl (C=O) groups excluding carboxylic acids is 2. The second-order valence-corrected chi connectivity index (χ2v) is 5.06. The van der Waals surface area contributed by atoms with Gasteiger partial charge in [0.15, 0.2) is 0 Å². The molecular weight excluding hydrogens is 290 g/mol. The first-order valence-corrected chi connectivity index (χ1v) is 7.66. The van der Waals surface area contributed by atoms with Gasteiger partial charge in [-0.25, -0.2) is 4.79 Å². The van der Waals surface area contributed by atoms with Crippen LogP contribution in [0.25, 0.3) is 0 Å². The number of nitrogens with one attached hydrogen (secondary N) is 3. The van der Waals surface area contributed by atoms with Gasteiger partial charge in [-0.2, -0.15) is 0 Å². The van der Waals surface area contributed by atoms with Gasteiger partial charge in [0, 0.05) is 24.3 Å². The lowest BCUT2D eigenvalue weighted by atomic mass is 10.1. The van der Waals surface area contributed by atoms with Crippen molar-refractivity contribution in [3.05, 3.63) is 65.7 Å². The van der Waals surface area contributed by atoms with Crippen LogP contribution >= 0.6 is 0 Å². The van der Waals surface area contributed by atoms with E-state index in [1.54, 1.807) is 12.1 Å². The molecule has 2 aromatic rings. The number of hydrogen-bond acceptors (Lipinski definition) is 2. The lowest BCUT2D eigenvalue weighted by Crippen LogP contribution is -2.36. The molecule has 2 aromatic carbocycles. The molecule has 0 aromatic heterocycles. The van der Waals surface area contributed by atoms with Gasteiger partial charge >= 0.3 is 6.03 Å². The van der Waals surface area contributed by atoms with Crippen LogP contribution in [0.5, 0.6) is 0 Å². The number of aryl methyl sites for hydroxylation is 1. The first-order valence-electron chi connectivity index (χ1n) is 7.66. The zero-order chi connectivity index (χ0) is 16.5. The van der Waals surface area contributed by atoms with Gasteiger partial charge in [0.25, 0.3) is 5.91 Å². The fourth-order valence-corrected chi connectivity index (χ4v) is 2.09. The molecule has 0 heterocycles. The summed E-state index contributed by atoms with van der Waals surface area (Å²) in [5.74, 6) is -0.150. The Balaban J connectivity index is 1.69. The smallest absolute Gasteiger partial charge is 0.319 e. The lowest BCUT2D eigenvalue weighted by molar-refractivity contribution is 0.0954. The SMILES string of the molecule is CCc1cccc(NC(=O)NCCNC(=O)c2ccccc2)c1. The van der Waals surface area contributed by atoms with Gasteiger partial charge in [-0.1, -0.05) is 37.3 Å². The van der Waals surface area contributed by atoms with E-state index in [9.17, 15) is 9.59 Å². The van der Waals surface area contributed by atoms with Crippen molar-refractivity contribution >= 4 is 17.6 Å². The Bertz CT molecular complexity index is 656. The Morgan fingerprint density at radius 1 is 0.913 bits per heavy atom. The lowest BCUT2D eigenvalue weighted by Gasteiger charge is -2.09. The number of rotatable bonds is 6. The maximum Gasteiger partial charge on any atom is 0.319 e. The van der Waals surface area contributed by atoms with Gasteiger partial charge < -0.3 is 16.0 Å². The van der Waals surface area contributed by atoms with Crippen molar-refractivity contribution in [3.63, 3.8) is 0 Å². The Hall–Kier alpha value is -2.82. The molecule has 0 bridgehead atoms. The van der Waals surface area contributed by atoms with Crippen molar-refractivity contribution in [2.24, 2.45) is 0 Å². The van der Waals surface area contributed by atoms with Gasteiger partial charge in [-0.3, -0.25) is 4.79 Å². The Morgan fingerprint density at radius 2 is 1.65 bits per heavy atom. The molecule has 0 fully saturated rings. The van der Waals surface area contributed by atoms with Gasteiger partial charge in [-0.05, 0) is 36.2 Å². The summed E-state index contributed by atoms with van der Waals surface area (Å²) in [5, 5.41) is 8.24. The summed E-state index contributed by atoms with van der Waals surface area (Å²) in [6.07, 6.45) is 0.919. The van der Waals surface area contributed by atoms with Crippen LogP contribution in [0, 0.1) is 0 Å². The number of hydrogen-bond donors (Lipinski definition) is 3. The minimum absolute atomic E-state index is 0.150. The van der Waals surface area contributed by atoms with E-state index in [2.05, 4.69) is 22.9 Å². The molecule has 120 valence electrons. The van der Waals surface area contributed by atoms with Crippen LogP contribution in [0.15, 0.2) is 54.6 Å². The van der Waals surface area contributed by atoms with E-state index in [0.29, 0.717) is 18.7 Å². The number of benzene rings is 2. The molecule has 0 aliphatic heterocycles. The van der Waals surface area contributed by atoms with E-state index in [1.165, 1.54) is 0 Å². The fraction of sp³-hybridized carbons (Fsp3) is 0.222. The highest BCUT2D eigenvalue weighted by Gasteiger charge is 2.04. The van der Waals surface area contributed by atoms with E-state index < -0.39 is 0 Å². The number of carbonyl (C=O) groups is 2. The van der Waals surface area contributed by atoms with Crippen molar-refractivity contribution in [3.8, 4) is 0 Å². The van der Waals surface area contributed by atoms with Crippen molar-refractivity contribution in [1.29, 1.82) is 0 Å². The predicted molar refractivity (Wildman–Crippen MR) is 91.6 cm³/mol. The molecule has 0 aliphatic rings. The van der Waals surface area contributed by atoms with Crippen LogP contribution in [-0.4, -0.2) is 25.0 Å².